The van der Waals surface area contributed by atoms with Crippen molar-refractivity contribution in [3.05, 3.63) is 52.9 Å². The van der Waals surface area contributed by atoms with Crippen molar-refractivity contribution in [1.29, 1.82) is 0 Å². The maximum atomic E-state index is 12.1. The lowest BCUT2D eigenvalue weighted by Crippen LogP contribution is -2.27. The van der Waals surface area contributed by atoms with Crippen LogP contribution < -0.4 is 5.32 Å². The summed E-state index contributed by atoms with van der Waals surface area (Å²) in [5.74, 6) is 2.14. The van der Waals surface area contributed by atoms with Crippen LogP contribution in [0.2, 0.25) is 0 Å². The highest BCUT2D eigenvalue weighted by atomic mass is 32.2. The van der Waals surface area contributed by atoms with Crippen LogP contribution in [-0.4, -0.2) is 27.2 Å². The predicted molar refractivity (Wildman–Crippen MR) is 112 cm³/mol. The minimum Gasteiger partial charge on any atom is -0.352 e. The number of aromatic nitrogens is 3. The molecule has 1 amide bonds. The molecular weight excluding hydrogens is 376 g/mol. The molecule has 2 aromatic heterocycles. The van der Waals surface area contributed by atoms with Crippen molar-refractivity contribution in [1.82, 2.24) is 20.1 Å². The normalized spacial score (nSPS) is 11.1. The molecule has 0 aliphatic carbocycles. The van der Waals surface area contributed by atoms with Gasteiger partial charge in [-0.1, -0.05) is 43.8 Å². The van der Waals surface area contributed by atoms with Crippen molar-refractivity contribution >= 4 is 29.0 Å². The van der Waals surface area contributed by atoms with E-state index >= 15 is 0 Å². The third-order valence-electron chi connectivity index (χ3n) is 4.03. The fourth-order valence-electron chi connectivity index (χ4n) is 2.57. The highest BCUT2D eigenvalue weighted by Gasteiger charge is 2.14. The molecule has 2 heterocycles. The van der Waals surface area contributed by atoms with Crippen LogP contribution in [-0.2, 0) is 12.3 Å². The minimum absolute atomic E-state index is 0.0192. The van der Waals surface area contributed by atoms with Gasteiger partial charge in [0.2, 0.25) is 0 Å². The second-order valence-corrected chi connectivity index (χ2v) is 8.51. The number of thiophene rings is 1. The Morgan fingerprint density at radius 2 is 2.00 bits per heavy atom. The largest absolute Gasteiger partial charge is 0.352 e. The molecule has 0 aliphatic rings. The first-order valence-electron chi connectivity index (χ1n) is 9.05. The number of carbonyl (C=O) groups is 1. The number of hydrogen-bond acceptors (Lipinski definition) is 5. The summed E-state index contributed by atoms with van der Waals surface area (Å²) in [4.78, 5) is 13.2. The van der Waals surface area contributed by atoms with E-state index < -0.39 is 0 Å². The van der Waals surface area contributed by atoms with Crippen LogP contribution >= 0.6 is 23.1 Å². The second kappa shape index (κ2) is 9.19. The van der Waals surface area contributed by atoms with Gasteiger partial charge in [0.1, 0.15) is 0 Å². The van der Waals surface area contributed by atoms with E-state index in [1.54, 1.807) is 23.1 Å². The molecule has 0 spiro atoms. The third-order valence-corrected chi connectivity index (χ3v) is 5.93. The van der Waals surface area contributed by atoms with Crippen LogP contribution in [0, 0.1) is 5.92 Å². The van der Waals surface area contributed by atoms with Gasteiger partial charge in [0.25, 0.3) is 5.91 Å². The Labute approximate surface area is 168 Å². The molecule has 0 saturated heterocycles. The van der Waals surface area contributed by atoms with Crippen molar-refractivity contribution < 1.29 is 4.79 Å². The molecule has 0 bridgehead atoms. The molecule has 27 heavy (non-hydrogen) atoms. The summed E-state index contributed by atoms with van der Waals surface area (Å²) in [7, 11) is 0. The Morgan fingerprint density at radius 1 is 1.22 bits per heavy atom. The molecule has 0 radical (unpaired) electrons. The van der Waals surface area contributed by atoms with Crippen molar-refractivity contribution in [3.8, 4) is 10.7 Å². The zero-order valence-electron chi connectivity index (χ0n) is 15.8. The molecule has 0 fully saturated rings. The van der Waals surface area contributed by atoms with Crippen molar-refractivity contribution in [2.75, 3.05) is 6.54 Å². The van der Waals surface area contributed by atoms with Crippen molar-refractivity contribution in [2.24, 2.45) is 5.92 Å². The van der Waals surface area contributed by atoms with E-state index in [2.05, 4.69) is 52.3 Å². The minimum atomic E-state index is -0.0192. The molecule has 1 aromatic carbocycles. The maximum Gasteiger partial charge on any atom is 0.251 e. The Kier molecular flexibility index (Phi) is 6.68. The van der Waals surface area contributed by atoms with E-state index in [0.29, 0.717) is 18.0 Å². The van der Waals surface area contributed by atoms with Gasteiger partial charge in [0, 0.05) is 24.4 Å². The van der Waals surface area contributed by atoms with Gasteiger partial charge in [-0.05, 0) is 42.0 Å². The lowest BCUT2D eigenvalue weighted by molar-refractivity contribution is 0.0949. The molecule has 1 N–H and O–H groups in total. The molecule has 7 heteroatoms. The van der Waals surface area contributed by atoms with E-state index in [-0.39, 0.29) is 5.91 Å². The smallest absolute Gasteiger partial charge is 0.251 e. The Bertz CT molecular complexity index is 870. The standard InChI is InChI=1S/C20H24N4OS2/c1-4-24-18(17-6-5-11-26-17)22-23-20(24)27-13-15-7-9-16(10-8-15)19(25)21-12-14(2)3/h5-11,14H,4,12-13H2,1-3H3,(H,21,25). The van der Waals surface area contributed by atoms with Crippen LogP contribution in [0.3, 0.4) is 0 Å². The predicted octanol–water partition coefficient (Wildman–Crippen LogP) is 4.70. The topological polar surface area (TPSA) is 59.8 Å². The zero-order chi connectivity index (χ0) is 19.2. The highest BCUT2D eigenvalue weighted by molar-refractivity contribution is 7.98. The molecule has 3 aromatic rings. The van der Waals surface area contributed by atoms with Gasteiger partial charge in [0.05, 0.1) is 4.88 Å². The van der Waals surface area contributed by atoms with E-state index in [1.165, 1.54) is 0 Å². The molecule has 5 nitrogen and oxygen atoms in total. The van der Waals surface area contributed by atoms with E-state index in [1.807, 2.05) is 30.3 Å². The number of nitrogens with zero attached hydrogens (tertiary/aromatic N) is 3. The number of rotatable bonds is 8. The highest BCUT2D eigenvalue weighted by Crippen LogP contribution is 2.28. The Hall–Kier alpha value is -2.12. The molecule has 0 aliphatic heterocycles. The SMILES string of the molecule is CCn1c(SCc2ccc(C(=O)NCC(C)C)cc2)nnc1-c1cccs1. The van der Waals surface area contributed by atoms with Gasteiger partial charge in [-0.15, -0.1) is 21.5 Å². The lowest BCUT2D eigenvalue weighted by Gasteiger charge is -2.08. The van der Waals surface area contributed by atoms with Gasteiger partial charge in [-0.25, -0.2) is 0 Å². The first-order chi connectivity index (χ1) is 13.1. The summed E-state index contributed by atoms with van der Waals surface area (Å²) < 4.78 is 2.14. The summed E-state index contributed by atoms with van der Waals surface area (Å²) >= 11 is 3.34. The number of hydrogen-bond donors (Lipinski definition) is 1. The Balaban J connectivity index is 1.63. The van der Waals surface area contributed by atoms with Gasteiger partial charge < -0.3 is 9.88 Å². The number of nitrogens with one attached hydrogen (secondary N) is 1. The fourth-order valence-corrected chi connectivity index (χ4v) is 4.24. The molecule has 142 valence electrons. The van der Waals surface area contributed by atoms with E-state index in [4.69, 9.17) is 0 Å². The number of amides is 1. The molecule has 3 rings (SSSR count). The summed E-state index contributed by atoms with van der Waals surface area (Å²) in [6, 6.07) is 11.9. The quantitative estimate of drug-likeness (QED) is 0.557. The number of benzene rings is 1. The molecule has 0 saturated carbocycles. The molecular formula is C20H24N4OS2. The first kappa shape index (κ1) is 19.6. The number of carbonyl (C=O) groups excluding carboxylic acids is 1. The average molecular weight is 401 g/mol. The second-order valence-electron chi connectivity index (χ2n) is 6.62. The fraction of sp³-hybridized carbons (Fsp3) is 0.350. The van der Waals surface area contributed by atoms with Crippen molar-refractivity contribution in [2.45, 2.75) is 38.2 Å². The van der Waals surface area contributed by atoms with E-state index in [9.17, 15) is 4.79 Å². The van der Waals surface area contributed by atoms with Gasteiger partial charge in [0.15, 0.2) is 11.0 Å². The van der Waals surface area contributed by atoms with Gasteiger partial charge >= 0.3 is 0 Å². The summed E-state index contributed by atoms with van der Waals surface area (Å²) in [5.41, 5.74) is 1.85. The van der Waals surface area contributed by atoms with Crippen LogP contribution in [0.1, 0.15) is 36.7 Å². The van der Waals surface area contributed by atoms with Crippen LogP contribution in [0.15, 0.2) is 46.9 Å². The summed E-state index contributed by atoms with van der Waals surface area (Å²) in [6.45, 7) is 7.79. The number of thioether (sulfide) groups is 1. The first-order valence-corrected chi connectivity index (χ1v) is 10.9. The van der Waals surface area contributed by atoms with Crippen LogP contribution in [0.4, 0.5) is 0 Å². The summed E-state index contributed by atoms with van der Waals surface area (Å²) in [6.07, 6.45) is 0. The van der Waals surface area contributed by atoms with Crippen LogP contribution in [0.5, 0.6) is 0 Å². The maximum absolute atomic E-state index is 12.1. The van der Waals surface area contributed by atoms with Crippen LogP contribution in [0.25, 0.3) is 10.7 Å². The Morgan fingerprint density at radius 3 is 2.63 bits per heavy atom. The zero-order valence-corrected chi connectivity index (χ0v) is 17.4. The van der Waals surface area contributed by atoms with E-state index in [0.717, 1.165) is 33.7 Å². The van der Waals surface area contributed by atoms with Gasteiger partial charge in [-0.2, -0.15) is 0 Å². The lowest BCUT2D eigenvalue weighted by atomic mass is 10.1. The van der Waals surface area contributed by atoms with Crippen molar-refractivity contribution in [3.63, 3.8) is 0 Å². The monoisotopic (exact) mass is 400 g/mol. The molecule has 0 atom stereocenters. The third kappa shape index (κ3) is 4.99. The average Bonchev–Trinajstić information content (AvgIpc) is 3.33. The van der Waals surface area contributed by atoms with Gasteiger partial charge in [-0.3, -0.25) is 4.79 Å². The summed E-state index contributed by atoms with van der Waals surface area (Å²) in [5, 5.41) is 14.6. The molecule has 0 unspecified atom stereocenters.